The number of hydrogen-bond donors (Lipinski definition) is 2. The molecule has 0 aromatic heterocycles. The van der Waals surface area contributed by atoms with Gasteiger partial charge >= 0.3 is 0 Å². The molecular formula is C22H27ClN2O2. The first-order valence-corrected chi connectivity index (χ1v) is 9.58. The Kier molecular flexibility index (Phi) is 6.75. The molecule has 2 aliphatic rings. The van der Waals surface area contributed by atoms with E-state index >= 15 is 0 Å². The highest BCUT2D eigenvalue weighted by molar-refractivity contribution is 5.91. The highest BCUT2D eigenvalue weighted by Crippen LogP contribution is 2.33. The van der Waals surface area contributed by atoms with Gasteiger partial charge in [0.15, 0.2) is 0 Å². The summed E-state index contributed by atoms with van der Waals surface area (Å²) in [5, 5.41) is 6.74. The van der Waals surface area contributed by atoms with E-state index in [1.165, 1.54) is 12.8 Å². The molecular weight excluding hydrogens is 360 g/mol. The van der Waals surface area contributed by atoms with Crippen molar-refractivity contribution in [3.05, 3.63) is 60.2 Å². The zero-order valence-corrected chi connectivity index (χ0v) is 16.2. The van der Waals surface area contributed by atoms with Crippen molar-refractivity contribution in [3.63, 3.8) is 0 Å². The third-order valence-electron chi connectivity index (χ3n) is 5.47. The maximum absolute atomic E-state index is 12.6. The second-order valence-electron chi connectivity index (χ2n) is 7.49. The number of piperidine rings is 1. The number of ether oxygens (including phenoxy) is 1. The fourth-order valence-corrected chi connectivity index (χ4v) is 4.25. The van der Waals surface area contributed by atoms with Crippen molar-refractivity contribution >= 4 is 24.0 Å². The average Bonchev–Trinajstić information content (AvgIpc) is 3.00. The average molecular weight is 387 g/mol. The lowest BCUT2D eigenvalue weighted by Crippen LogP contribution is -2.39. The smallest absolute Gasteiger partial charge is 0.224 e. The standard InChI is InChI=1S/C22H26N2O2.ClH/c25-22(14-16-12-18-10-11-19(13-16)23-18)24-21-9-5-4-6-17(21)15-26-20-7-2-1-3-8-20;/h1-9,16,18-19,23H,10-15H2,(H,24,25);1H. The molecule has 1 amide bonds. The van der Waals surface area contributed by atoms with Crippen LogP contribution in [0.2, 0.25) is 0 Å². The minimum Gasteiger partial charge on any atom is -0.489 e. The number of para-hydroxylation sites is 2. The molecule has 2 bridgehead atoms. The van der Waals surface area contributed by atoms with Crippen LogP contribution in [0, 0.1) is 5.92 Å². The first kappa shape index (κ1) is 19.7. The quantitative estimate of drug-likeness (QED) is 0.765. The first-order chi connectivity index (χ1) is 12.8. The number of carbonyl (C=O) groups is 1. The molecule has 2 aromatic carbocycles. The monoisotopic (exact) mass is 386 g/mol. The van der Waals surface area contributed by atoms with Gasteiger partial charge in [-0.1, -0.05) is 36.4 Å². The van der Waals surface area contributed by atoms with Crippen molar-refractivity contribution in [1.82, 2.24) is 5.32 Å². The van der Waals surface area contributed by atoms with Crippen LogP contribution in [0.5, 0.6) is 5.75 Å². The number of amides is 1. The Hall–Kier alpha value is -2.04. The molecule has 5 heteroatoms. The summed E-state index contributed by atoms with van der Waals surface area (Å²) in [5.74, 6) is 1.45. The van der Waals surface area contributed by atoms with Gasteiger partial charge < -0.3 is 15.4 Å². The second kappa shape index (κ2) is 9.25. The van der Waals surface area contributed by atoms with Gasteiger partial charge in [-0.25, -0.2) is 0 Å². The van der Waals surface area contributed by atoms with Crippen molar-refractivity contribution in [2.45, 2.75) is 50.8 Å². The van der Waals surface area contributed by atoms with Gasteiger partial charge in [0, 0.05) is 29.8 Å². The molecule has 2 aromatic rings. The fourth-order valence-electron chi connectivity index (χ4n) is 4.25. The van der Waals surface area contributed by atoms with Crippen molar-refractivity contribution in [2.24, 2.45) is 5.92 Å². The van der Waals surface area contributed by atoms with Gasteiger partial charge in [-0.15, -0.1) is 12.4 Å². The van der Waals surface area contributed by atoms with E-state index in [0.717, 1.165) is 29.8 Å². The van der Waals surface area contributed by atoms with Gasteiger partial charge in [-0.05, 0) is 49.8 Å². The Morgan fingerprint density at radius 3 is 2.41 bits per heavy atom. The van der Waals surface area contributed by atoms with Crippen LogP contribution < -0.4 is 15.4 Å². The normalized spacial score (nSPS) is 23.3. The lowest BCUT2D eigenvalue weighted by molar-refractivity contribution is -0.117. The van der Waals surface area contributed by atoms with E-state index in [4.69, 9.17) is 4.74 Å². The minimum atomic E-state index is 0. The van der Waals surface area contributed by atoms with Gasteiger partial charge in [0.25, 0.3) is 0 Å². The Morgan fingerprint density at radius 1 is 1.00 bits per heavy atom. The molecule has 0 spiro atoms. The number of nitrogens with one attached hydrogen (secondary N) is 2. The van der Waals surface area contributed by atoms with Crippen molar-refractivity contribution in [3.8, 4) is 5.75 Å². The molecule has 27 heavy (non-hydrogen) atoms. The van der Waals surface area contributed by atoms with Crippen LogP contribution in [0.3, 0.4) is 0 Å². The van der Waals surface area contributed by atoms with Crippen LogP contribution in [0.25, 0.3) is 0 Å². The summed E-state index contributed by atoms with van der Waals surface area (Å²) < 4.78 is 5.84. The van der Waals surface area contributed by atoms with Gasteiger partial charge in [0.05, 0.1) is 0 Å². The van der Waals surface area contributed by atoms with E-state index in [2.05, 4.69) is 10.6 Å². The maximum atomic E-state index is 12.6. The largest absolute Gasteiger partial charge is 0.489 e. The number of halogens is 1. The van der Waals surface area contributed by atoms with Crippen molar-refractivity contribution in [1.29, 1.82) is 0 Å². The van der Waals surface area contributed by atoms with Crippen molar-refractivity contribution < 1.29 is 9.53 Å². The van der Waals surface area contributed by atoms with E-state index in [1.54, 1.807) is 0 Å². The number of rotatable bonds is 6. The summed E-state index contributed by atoms with van der Waals surface area (Å²) in [6.07, 6.45) is 5.40. The molecule has 2 fully saturated rings. The second-order valence-corrected chi connectivity index (χ2v) is 7.49. The first-order valence-electron chi connectivity index (χ1n) is 9.58. The predicted octanol–water partition coefficient (Wildman–Crippen LogP) is 4.55. The highest BCUT2D eigenvalue weighted by Gasteiger charge is 2.34. The SMILES string of the molecule is Cl.O=C(CC1CC2CCC(C1)N2)Nc1ccccc1COc1ccccc1. The van der Waals surface area contributed by atoms with E-state index in [0.29, 0.717) is 31.0 Å². The van der Waals surface area contributed by atoms with Crippen LogP contribution >= 0.6 is 12.4 Å². The van der Waals surface area contributed by atoms with Gasteiger partial charge in [-0.2, -0.15) is 0 Å². The molecule has 0 radical (unpaired) electrons. The number of anilines is 1. The topological polar surface area (TPSA) is 50.4 Å². The summed E-state index contributed by atoms with van der Waals surface area (Å²) in [6, 6.07) is 18.9. The molecule has 0 aliphatic carbocycles. The molecule has 2 saturated heterocycles. The molecule has 144 valence electrons. The third kappa shape index (κ3) is 5.24. The number of benzene rings is 2. The Bertz CT molecular complexity index is 741. The lowest BCUT2D eigenvalue weighted by atomic mass is 9.89. The van der Waals surface area contributed by atoms with Crippen LogP contribution in [0.4, 0.5) is 5.69 Å². The van der Waals surface area contributed by atoms with E-state index in [9.17, 15) is 4.79 Å². The predicted molar refractivity (Wildman–Crippen MR) is 110 cm³/mol. The maximum Gasteiger partial charge on any atom is 0.224 e. The third-order valence-corrected chi connectivity index (χ3v) is 5.47. The summed E-state index contributed by atoms with van der Waals surface area (Å²) in [5.41, 5.74) is 1.85. The minimum absolute atomic E-state index is 0. The van der Waals surface area contributed by atoms with Crippen LogP contribution in [-0.4, -0.2) is 18.0 Å². The Balaban J connectivity index is 0.00000210. The zero-order valence-electron chi connectivity index (χ0n) is 15.4. The summed E-state index contributed by atoms with van der Waals surface area (Å²) in [4.78, 5) is 12.6. The molecule has 2 aliphatic heterocycles. The number of fused-ring (bicyclic) bond motifs is 2. The van der Waals surface area contributed by atoms with Crippen LogP contribution in [-0.2, 0) is 11.4 Å². The Labute approximate surface area is 167 Å². The molecule has 2 N–H and O–H groups in total. The van der Waals surface area contributed by atoms with Crippen molar-refractivity contribution in [2.75, 3.05) is 5.32 Å². The molecule has 2 atom stereocenters. The highest BCUT2D eigenvalue weighted by atomic mass is 35.5. The van der Waals surface area contributed by atoms with Gasteiger partial charge in [-0.3, -0.25) is 4.79 Å². The van der Waals surface area contributed by atoms with E-state index < -0.39 is 0 Å². The molecule has 2 unspecified atom stereocenters. The summed E-state index contributed by atoms with van der Waals surface area (Å²) in [7, 11) is 0. The lowest BCUT2D eigenvalue weighted by Gasteiger charge is -2.28. The van der Waals surface area contributed by atoms with Gasteiger partial charge in [0.1, 0.15) is 12.4 Å². The van der Waals surface area contributed by atoms with E-state index in [-0.39, 0.29) is 18.3 Å². The molecule has 2 heterocycles. The van der Waals surface area contributed by atoms with Crippen LogP contribution in [0.1, 0.15) is 37.7 Å². The summed E-state index contributed by atoms with van der Waals surface area (Å²) in [6.45, 7) is 0.442. The Morgan fingerprint density at radius 2 is 1.67 bits per heavy atom. The number of hydrogen-bond acceptors (Lipinski definition) is 3. The zero-order chi connectivity index (χ0) is 17.8. The molecule has 0 saturated carbocycles. The van der Waals surface area contributed by atoms with Crippen LogP contribution in [0.15, 0.2) is 54.6 Å². The summed E-state index contributed by atoms with van der Waals surface area (Å²) >= 11 is 0. The fraction of sp³-hybridized carbons (Fsp3) is 0.409. The molecule has 4 nitrogen and oxygen atoms in total. The number of carbonyl (C=O) groups excluding carboxylic acids is 1. The van der Waals surface area contributed by atoms with E-state index in [1.807, 2.05) is 54.6 Å². The van der Waals surface area contributed by atoms with Gasteiger partial charge in [0.2, 0.25) is 5.91 Å². The molecule has 4 rings (SSSR count).